The van der Waals surface area contributed by atoms with E-state index in [1.165, 1.54) is 11.1 Å². The predicted molar refractivity (Wildman–Crippen MR) is 103 cm³/mol. The second-order valence-electron chi connectivity index (χ2n) is 5.95. The van der Waals surface area contributed by atoms with Crippen molar-refractivity contribution in [1.82, 2.24) is 15.0 Å². The second kappa shape index (κ2) is 7.67. The molecule has 0 unspecified atom stereocenters. The molecule has 0 spiro atoms. The van der Waals surface area contributed by atoms with Gasteiger partial charge in [0, 0.05) is 17.1 Å². The number of hydrogen-bond donors (Lipinski definition) is 0. The van der Waals surface area contributed by atoms with Gasteiger partial charge in [-0.1, -0.05) is 55.6 Å². The molecule has 0 saturated heterocycles. The Morgan fingerprint density at radius 2 is 1.80 bits per heavy atom. The van der Waals surface area contributed by atoms with Gasteiger partial charge in [0.25, 0.3) is 0 Å². The molecule has 3 heteroatoms. The molecule has 0 bridgehead atoms. The molecule has 3 aromatic rings. The van der Waals surface area contributed by atoms with Gasteiger partial charge in [0.15, 0.2) is 5.82 Å². The van der Waals surface area contributed by atoms with Crippen molar-refractivity contribution in [3.8, 4) is 11.5 Å². The number of aromatic nitrogens is 3. The van der Waals surface area contributed by atoms with E-state index < -0.39 is 0 Å². The van der Waals surface area contributed by atoms with Crippen molar-refractivity contribution in [2.24, 2.45) is 0 Å². The normalized spacial score (nSPS) is 11.5. The minimum absolute atomic E-state index is 0.612. The van der Waals surface area contributed by atoms with Gasteiger partial charge in [0.2, 0.25) is 0 Å². The molecule has 3 rings (SSSR count). The zero-order valence-corrected chi connectivity index (χ0v) is 14.4. The van der Waals surface area contributed by atoms with E-state index in [0.29, 0.717) is 5.82 Å². The molecule has 0 saturated carbocycles. The van der Waals surface area contributed by atoms with Crippen LogP contribution in [0.25, 0.3) is 24.2 Å². The molecule has 2 heterocycles. The van der Waals surface area contributed by atoms with Crippen LogP contribution in [0.15, 0.2) is 61.3 Å². The maximum absolute atomic E-state index is 4.80. The number of aryl methyl sites for hydroxylation is 3. The van der Waals surface area contributed by atoms with Crippen LogP contribution in [0.1, 0.15) is 16.8 Å². The monoisotopic (exact) mass is 327 g/mol. The van der Waals surface area contributed by atoms with Gasteiger partial charge in [0.1, 0.15) is 5.69 Å². The van der Waals surface area contributed by atoms with E-state index in [1.807, 2.05) is 18.2 Å². The van der Waals surface area contributed by atoms with Crippen LogP contribution in [0.2, 0.25) is 0 Å². The van der Waals surface area contributed by atoms with Crippen LogP contribution < -0.4 is 10.6 Å². The minimum Gasteiger partial charge on any atom is -0.249 e. The first-order chi connectivity index (χ1) is 12.2. The summed E-state index contributed by atoms with van der Waals surface area (Å²) in [6.45, 7) is 9.75. The van der Waals surface area contributed by atoms with E-state index in [-0.39, 0.29) is 0 Å². The number of pyridine rings is 1. The summed E-state index contributed by atoms with van der Waals surface area (Å²) in [5, 5.41) is 1.55. The van der Waals surface area contributed by atoms with Gasteiger partial charge in [-0.15, -0.1) is 0 Å². The van der Waals surface area contributed by atoms with E-state index >= 15 is 0 Å². The lowest BCUT2D eigenvalue weighted by atomic mass is 10.0. The van der Waals surface area contributed by atoms with Crippen molar-refractivity contribution >= 4 is 12.7 Å². The molecule has 2 aromatic heterocycles. The third-order valence-electron chi connectivity index (χ3n) is 4.10. The van der Waals surface area contributed by atoms with Crippen molar-refractivity contribution in [3.63, 3.8) is 0 Å². The third kappa shape index (κ3) is 4.07. The number of allylic oxidation sites excluding steroid dienone is 1. The van der Waals surface area contributed by atoms with Gasteiger partial charge in [0.05, 0.1) is 5.35 Å². The summed E-state index contributed by atoms with van der Waals surface area (Å²) in [5.41, 5.74) is 4.37. The van der Waals surface area contributed by atoms with Gasteiger partial charge in [-0.05, 0) is 43.0 Å². The molecule has 0 aliphatic rings. The van der Waals surface area contributed by atoms with Gasteiger partial charge in [-0.3, -0.25) is 0 Å². The lowest BCUT2D eigenvalue weighted by molar-refractivity contribution is 0.898. The standard InChI is InChI=1S/C22H21N3/c1-4-8-19-17(3)15-23-22(25-19)21-13-11-16(2)20(24-21)14-12-18-9-6-5-7-10-18/h4-11,13,15H,1,3,12,14H2,2H3/b19-8+. The molecule has 0 fully saturated rings. The average molecular weight is 327 g/mol. The molecule has 1 aromatic carbocycles. The van der Waals surface area contributed by atoms with Crippen LogP contribution in [0.5, 0.6) is 0 Å². The highest BCUT2D eigenvalue weighted by Gasteiger charge is 2.07. The molecule has 0 atom stereocenters. The first-order valence-corrected chi connectivity index (χ1v) is 8.33. The van der Waals surface area contributed by atoms with E-state index in [0.717, 1.165) is 34.8 Å². The molecule has 0 radical (unpaired) electrons. The van der Waals surface area contributed by atoms with Crippen molar-refractivity contribution in [2.45, 2.75) is 19.8 Å². The van der Waals surface area contributed by atoms with Crippen LogP contribution in [0.3, 0.4) is 0 Å². The summed E-state index contributed by atoms with van der Waals surface area (Å²) in [6.07, 6.45) is 7.12. The molecule has 3 nitrogen and oxygen atoms in total. The van der Waals surface area contributed by atoms with E-state index in [2.05, 4.69) is 60.4 Å². The molecule has 0 amide bonds. The summed E-state index contributed by atoms with van der Waals surface area (Å²) < 4.78 is 0. The van der Waals surface area contributed by atoms with Crippen molar-refractivity contribution in [3.05, 3.63) is 88.7 Å². The summed E-state index contributed by atoms with van der Waals surface area (Å²) in [5.74, 6) is 0.612. The Hall–Kier alpha value is -3.07. The highest BCUT2D eigenvalue weighted by molar-refractivity contribution is 5.50. The summed E-state index contributed by atoms with van der Waals surface area (Å²) in [6, 6.07) is 14.5. The Morgan fingerprint density at radius 1 is 1.00 bits per heavy atom. The first-order valence-electron chi connectivity index (χ1n) is 8.33. The van der Waals surface area contributed by atoms with Gasteiger partial charge < -0.3 is 0 Å². The Balaban J connectivity index is 1.91. The SMILES string of the molecule is C=C/C=c1/nc(-c2ccc(C)c(CCc3ccccc3)n2)ncc1=C. The van der Waals surface area contributed by atoms with Crippen LogP contribution >= 0.6 is 0 Å². The largest absolute Gasteiger partial charge is 0.249 e. The zero-order chi connectivity index (χ0) is 17.6. The number of nitrogens with zero attached hydrogens (tertiary/aromatic N) is 3. The quantitative estimate of drug-likeness (QED) is 0.723. The molecule has 0 aliphatic heterocycles. The molecular formula is C22H21N3. The van der Waals surface area contributed by atoms with Crippen LogP contribution in [-0.4, -0.2) is 15.0 Å². The Kier molecular flexibility index (Phi) is 5.14. The lowest BCUT2D eigenvalue weighted by Gasteiger charge is -2.08. The maximum atomic E-state index is 4.80. The minimum atomic E-state index is 0.612. The van der Waals surface area contributed by atoms with Crippen LogP contribution in [-0.2, 0) is 12.8 Å². The van der Waals surface area contributed by atoms with Gasteiger partial charge in [-0.25, -0.2) is 15.0 Å². The fourth-order valence-corrected chi connectivity index (χ4v) is 2.66. The number of hydrogen-bond acceptors (Lipinski definition) is 3. The van der Waals surface area contributed by atoms with Crippen LogP contribution in [0, 0.1) is 6.92 Å². The molecule has 124 valence electrons. The second-order valence-corrected chi connectivity index (χ2v) is 5.95. The highest BCUT2D eigenvalue weighted by Crippen LogP contribution is 2.15. The molecule has 0 aliphatic carbocycles. The summed E-state index contributed by atoms with van der Waals surface area (Å²) in [7, 11) is 0. The van der Waals surface area contributed by atoms with Crippen molar-refractivity contribution < 1.29 is 0 Å². The average Bonchev–Trinajstić information content (AvgIpc) is 2.64. The smallest absolute Gasteiger partial charge is 0.178 e. The van der Waals surface area contributed by atoms with Gasteiger partial charge >= 0.3 is 0 Å². The Labute approximate surface area is 148 Å². The Morgan fingerprint density at radius 3 is 2.56 bits per heavy atom. The predicted octanol–water partition coefficient (Wildman–Crippen LogP) is 3.01. The third-order valence-corrected chi connectivity index (χ3v) is 4.10. The van der Waals surface area contributed by atoms with Crippen molar-refractivity contribution in [1.29, 1.82) is 0 Å². The topological polar surface area (TPSA) is 38.7 Å². The summed E-state index contributed by atoms with van der Waals surface area (Å²) in [4.78, 5) is 13.8. The van der Waals surface area contributed by atoms with E-state index in [4.69, 9.17) is 4.98 Å². The van der Waals surface area contributed by atoms with E-state index in [9.17, 15) is 0 Å². The summed E-state index contributed by atoms with van der Waals surface area (Å²) >= 11 is 0. The molecular weight excluding hydrogens is 306 g/mol. The first kappa shape index (κ1) is 16.8. The van der Waals surface area contributed by atoms with Gasteiger partial charge in [-0.2, -0.15) is 0 Å². The molecule has 0 N–H and O–H groups in total. The highest BCUT2D eigenvalue weighted by atomic mass is 14.9. The number of rotatable bonds is 5. The fourth-order valence-electron chi connectivity index (χ4n) is 2.66. The molecule has 25 heavy (non-hydrogen) atoms. The zero-order valence-electron chi connectivity index (χ0n) is 14.4. The fraction of sp³-hybridized carbons (Fsp3) is 0.136. The van der Waals surface area contributed by atoms with Crippen LogP contribution in [0.4, 0.5) is 0 Å². The Bertz CT molecular complexity index is 992. The van der Waals surface area contributed by atoms with Crippen molar-refractivity contribution in [2.75, 3.05) is 0 Å². The lowest BCUT2D eigenvalue weighted by Crippen LogP contribution is -2.28. The van der Waals surface area contributed by atoms with E-state index in [1.54, 1.807) is 12.3 Å². The number of benzene rings is 1. The maximum Gasteiger partial charge on any atom is 0.178 e.